The fourth-order valence-electron chi connectivity index (χ4n) is 1.11. The molecule has 0 amide bonds. The molecule has 0 saturated carbocycles. The molecule has 0 radical (unpaired) electrons. The largest absolute Gasteiger partial charge is 0.465 e. The van der Waals surface area contributed by atoms with Gasteiger partial charge >= 0.3 is 11.9 Å². The molecule has 0 saturated heterocycles. The van der Waals surface area contributed by atoms with E-state index in [1.54, 1.807) is 0 Å². The van der Waals surface area contributed by atoms with Gasteiger partial charge in [-0.05, 0) is 25.2 Å². The third kappa shape index (κ3) is 9.02. The van der Waals surface area contributed by atoms with Crippen molar-refractivity contribution in [2.75, 3.05) is 6.61 Å². The second kappa shape index (κ2) is 8.95. The summed E-state index contributed by atoms with van der Waals surface area (Å²) in [7, 11) is 0. The third-order valence-electron chi connectivity index (χ3n) is 2.60. The summed E-state index contributed by atoms with van der Waals surface area (Å²) in [6, 6.07) is 0. The molecule has 4 nitrogen and oxygen atoms in total. The molecule has 0 fully saturated rings. The van der Waals surface area contributed by atoms with Crippen molar-refractivity contribution in [1.29, 1.82) is 0 Å². The predicted molar refractivity (Wildman–Crippen MR) is 70.0 cm³/mol. The van der Waals surface area contributed by atoms with Crippen molar-refractivity contribution in [1.82, 2.24) is 0 Å². The molecule has 0 bridgehead atoms. The number of esters is 2. The van der Waals surface area contributed by atoms with Crippen LogP contribution in [0.15, 0.2) is 0 Å². The first-order valence-corrected chi connectivity index (χ1v) is 6.68. The first-order chi connectivity index (χ1) is 8.32. The monoisotopic (exact) mass is 258 g/mol. The van der Waals surface area contributed by atoms with E-state index in [0.717, 1.165) is 0 Å². The lowest BCUT2D eigenvalue weighted by atomic mass is 10.1. The molecular weight excluding hydrogens is 232 g/mol. The summed E-state index contributed by atoms with van der Waals surface area (Å²) >= 11 is 0. The van der Waals surface area contributed by atoms with Gasteiger partial charge in [0, 0.05) is 12.8 Å². The summed E-state index contributed by atoms with van der Waals surface area (Å²) in [6.07, 6.45) is 0.956. The van der Waals surface area contributed by atoms with Gasteiger partial charge in [-0.1, -0.05) is 27.7 Å². The average Bonchev–Trinajstić information content (AvgIpc) is 2.26. The zero-order valence-electron chi connectivity index (χ0n) is 12.2. The summed E-state index contributed by atoms with van der Waals surface area (Å²) < 4.78 is 10.2. The summed E-state index contributed by atoms with van der Waals surface area (Å²) in [5.41, 5.74) is 0. The van der Waals surface area contributed by atoms with Crippen molar-refractivity contribution in [3.05, 3.63) is 0 Å². The van der Waals surface area contributed by atoms with E-state index in [9.17, 15) is 9.59 Å². The van der Waals surface area contributed by atoms with Gasteiger partial charge in [-0.15, -0.1) is 0 Å². The van der Waals surface area contributed by atoms with E-state index in [1.165, 1.54) is 0 Å². The molecule has 4 heteroatoms. The highest BCUT2D eigenvalue weighted by atomic mass is 16.5. The van der Waals surface area contributed by atoms with E-state index in [4.69, 9.17) is 9.47 Å². The Morgan fingerprint density at radius 1 is 0.944 bits per heavy atom. The lowest BCUT2D eigenvalue weighted by molar-refractivity contribution is -0.150. The fourth-order valence-corrected chi connectivity index (χ4v) is 1.11. The maximum absolute atomic E-state index is 11.4. The van der Waals surface area contributed by atoms with Crippen LogP contribution in [0.25, 0.3) is 0 Å². The van der Waals surface area contributed by atoms with Crippen molar-refractivity contribution < 1.29 is 19.1 Å². The number of hydrogen-bond acceptors (Lipinski definition) is 4. The molecule has 0 N–H and O–H groups in total. The standard InChI is InChI=1S/C14H26O4/c1-10(2)9-17-13(15)7-6-8-14(16)18-12(5)11(3)4/h10-12H,6-9H2,1-5H3. The topological polar surface area (TPSA) is 52.6 Å². The lowest BCUT2D eigenvalue weighted by Crippen LogP contribution is -2.20. The van der Waals surface area contributed by atoms with Crippen LogP contribution in [-0.2, 0) is 19.1 Å². The Hall–Kier alpha value is -1.06. The minimum Gasteiger partial charge on any atom is -0.465 e. The molecule has 0 aliphatic heterocycles. The molecule has 0 heterocycles. The van der Waals surface area contributed by atoms with E-state index >= 15 is 0 Å². The third-order valence-corrected chi connectivity index (χ3v) is 2.60. The number of carbonyl (C=O) groups excluding carboxylic acids is 2. The van der Waals surface area contributed by atoms with E-state index in [-0.39, 0.29) is 30.9 Å². The Morgan fingerprint density at radius 3 is 2.00 bits per heavy atom. The highest BCUT2D eigenvalue weighted by Crippen LogP contribution is 2.08. The summed E-state index contributed by atoms with van der Waals surface area (Å²) in [4.78, 5) is 22.7. The van der Waals surface area contributed by atoms with Gasteiger partial charge in [0.25, 0.3) is 0 Å². The Balaban J connectivity index is 3.65. The van der Waals surface area contributed by atoms with Crippen LogP contribution in [0.5, 0.6) is 0 Å². The minimum atomic E-state index is -0.243. The predicted octanol–water partition coefficient (Wildman–Crippen LogP) is 2.94. The molecule has 0 rings (SSSR count). The Bertz CT molecular complexity index is 259. The zero-order valence-corrected chi connectivity index (χ0v) is 12.2. The van der Waals surface area contributed by atoms with Gasteiger partial charge in [0.05, 0.1) is 6.61 Å². The second-order valence-corrected chi connectivity index (χ2v) is 5.37. The van der Waals surface area contributed by atoms with Gasteiger partial charge in [0.15, 0.2) is 0 Å². The van der Waals surface area contributed by atoms with E-state index in [1.807, 2.05) is 34.6 Å². The van der Waals surface area contributed by atoms with Crippen LogP contribution in [0.2, 0.25) is 0 Å². The summed E-state index contributed by atoms with van der Waals surface area (Å²) in [6.45, 7) is 10.3. The summed E-state index contributed by atoms with van der Waals surface area (Å²) in [5.74, 6) is 0.164. The summed E-state index contributed by atoms with van der Waals surface area (Å²) in [5, 5.41) is 0. The Kier molecular flexibility index (Phi) is 8.42. The fraction of sp³-hybridized carbons (Fsp3) is 0.857. The van der Waals surface area contributed by atoms with E-state index < -0.39 is 0 Å². The highest BCUT2D eigenvalue weighted by Gasteiger charge is 2.13. The first kappa shape index (κ1) is 16.9. The lowest BCUT2D eigenvalue weighted by Gasteiger charge is -2.16. The molecule has 0 aromatic carbocycles. The van der Waals surface area contributed by atoms with Crippen LogP contribution in [0.3, 0.4) is 0 Å². The Labute approximate surface area is 110 Å². The molecule has 0 aromatic heterocycles. The van der Waals surface area contributed by atoms with E-state index in [0.29, 0.717) is 24.9 Å². The molecule has 1 atom stereocenters. The number of hydrogen-bond donors (Lipinski definition) is 0. The van der Waals surface area contributed by atoms with Crippen LogP contribution in [0.4, 0.5) is 0 Å². The smallest absolute Gasteiger partial charge is 0.306 e. The number of rotatable bonds is 8. The van der Waals surface area contributed by atoms with Crippen LogP contribution in [-0.4, -0.2) is 24.6 Å². The maximum Gasteiger partial charge on any atom is 0.306 e. The van der Waals surface area contributed by atoms with Crippen molar-refractivity contribution in [2.45, 2.75) is 60.0 Å². The van der Waals surface area contributed by atoms with Gasteiger partial charge in [-0.2, -0.15) is 0 Å². The SMILES string of the molecule is CC(C)COC(=O)CCCC(=O)OC(C)C(C)C. The molecule has 0 aromatic rings. The molecule has 0 aliphatic carbocycles. The molecule has 0 spiro atoms. The molecule has 1 unspecified atom stereocenters. The Morgan fingerprint density at radius 2 is 1.50 bits per heavy atom. The van der Waals surface area contributed by atoms with E-state index in [2.05, 4.69) is 0 Å². The molecule has 18 heavy (non-hydrogen) atoms. The first-order valence-electron chi connectivity index (χ1n) is 6.68. The number of ether oxygens (including phenoxy) is 2. The van der Waals surface area contributed by atoms with Gasteiger partial charge in [0.2, 0.25) is 0 Å². The average molecular weight is 258 g/mol. The van der Waals surface area contributed by atoms with Gasteiger partial charge in [-0.25, -0.2) is 0 Å². The zero-order chi connectivity index (χ0) is 14.1. The molecule has 0 aliphatic rings. The van der Waals surface area contributed by atoms with Crippen LogP contribution >= 0.6 is 0 Å². The van der Waals surface area contributed by atoms with Crippen molar-refractivity contribution in [3.63, 3.8) is 0 Å². The highest BCUT2D eigenvalue weighted by molar-refractivity contribution is 5.72. The van der Waals surface area contributed by atoms with Gasteiger partial charge < -0.3 is 9.47 Å². The normalized spacial score (nSPS) is 12.6. The van der Waals surface area contributed by atoms with Crippen LogP contribution < -0.4 is 0 Å². The van der Waals surface area contributed by atoms with Crippen LogP contribution in [0.1, 0.15) is 53.9 Å². The maximum atomic E-state index is 11.4. The molecule has 106 valence electrons. The minimum absolute atomic E-state index is 0.0783. The van der Waals surface area contributed by atoms with Crippen molar-refractivity contribution in [3.8, 4) is 0 Å². The number of carbonyl (C=O) groups is 2. The molecular formula is C14H26O4. The van der Waals surface area contributed by atoms with Gasteiger partial charge in [0.1, 0.15) is 6.10 Å². The van der Waals surface area contributed by atoms with Gasteiger partial charge in [-0.3, -0.25) is 9.59 Å². The quantitative estimate of drug-likeness (QED) is 0.628. The van der Waals surface area contributed by atoms with Crippen LogP contribution in [0, 0.1) is 11.8 Å². The van der Waals surface area contributed by atoms with Crippen molar-refractivity contribution >= 4 is 11.9 Å². The van der Waals surface area contributed by atoms with Crippen molar-refractivity contribution in [2.24, 2.45) is 11.8 Å². The second-order valence-electron chi connectivity index (χ2n) is 5.37.